The molecule has 0 aliphatic carbocycles. The van der Waals surface area contributed by atoms with Crippen molar-refractivity contribution >= 4 is 21.8 Å². The molecule has 0 bridgehead atoms. The number of amides is 1. The van der Waals surface area contributed by atoms with Crippen molar-refractivity contribution in [3.05, 3.63) is 46.6 Å². The van der Waals surface area contributed by atoms with E-state index in [0.717, 1.165) is 28.1 Å². The average Bonchev–Trinajstić information content (AvgIpc) is 2.94. The number of rotatable bonds is 7. The van der Waals surface area contributed by atoms with E-state index in [-0.39, 0.29) is 5.91 Å². The van der Waals surface area contributed by atoms with Gasteiger partial charge >= 0.3 is 0 Å². The molecule has 118 valence electrons. The highest BCUT2D eigenvalue weighted by Gasteiger charge is 2.09. The fraction of sp³-hybridized carbons (Fsp3) is 0.353. The van der Waals surface area contributed by atoms with E-state index in [1.807, 2.05) is 55.4 Å². The largest absolute Gasteiger partial charge is 0.461 e. The third kappa shape index (κ3) is 5.00. The van der Waals surface area contributed by atoms with Crippen LogP contribution in [-0.4, -0.2) is 38.0 Å². The van der Waals surface area contributed by atoms with Crippen LogP contribution in [0.15, 0.2) is 45.3 Å². The maximum absolute atomic E-state index is 11.7. The molecule has 0 fully saturated rings. The standard InChI is InChI=1S/C17H21BrN2O2/c1-20(2)12-11-19-17(21)10-8-13-7-9-16(22-13)14-5-3-4-6-15(14)18/h3-7,9H,8,10-12H2,1-2H3,(H,19,21). The summed E-state index contributed by atoms with van der Waals surface area (Å²) < 4.78 is 6.82. The summed E-state index contributed by atoms with van der Waals surface area (Å²) >= 11 is 3.52. The average molecular weight is 365 g/mol. The van der Waals surface area contributed by atoms with E-state index < -0.39 is 0 Å². The van der Waals surface area contributed by atoms with Crippen molar-refractivity contribution in [2.45, 2.75) is 12.8 Å². The first-order valence-corrected chi connectivity index (χ1v) is 8.10. The van der Waals surface area contributed by atoms with Crippen molar-refractivity contribution in [2.75, 3.05) is 27.2 Å². The number of carbonyl (C=O) groups excluding carboxylic acids is 1. The SMILES string of the molecule is CN(C)CCNC(=O)CCc1ccc(-c2ccccc2Br)o1. The minimum absolute atomic E-state index is 0.0562. The van der Waals surface area contributed by atoms with E-state index in [9.17, 15) is 4.79 Å². The first-order chi connectivity index (χ1) is 10.6. The summed E-state index contributed by atoms with van der Waals surface area (Å²) in [7, 11) is 3.97. The van der Waals surface area contributed by atoms with Crippen LogP contribution in [0.25, 0.3) is 11.3 Å². The van der Waals surface area contributed by atoms with Crippen LogP contribution in [0.2, 0.25) is 0 Å². The van der Waals surface area contributed by atoms with Crippen LogP contribution in [0.3, 0.4) is 0 Å². The number of likely N-dealkylation sites (N-methyl/N-ethyl adjacent to an activating group) is 1. The van der Waals surface area contributed by atoms with Crippen LogP contribution >= 0.6 is 15.9 Å². The second-order valence-electron chi connectivity index (χ2n) is 5.40. The number of nitrogens with one attached hydrogen (secondary N) is 1. The second-order valence-corrected chi connectivity index (χ2v) is 6.25. The maximum Gasteiger partial charge on any atom is 0.220 e. The number of aryl methyl sites for hydroxylation is 1. The van der Waals surface area contributed by atoms with Gasteiger partial charge in [0.1, 0.15) is 11.5 Å². The van der Waals surface area contributed by atoms with E-state index >= 15 is 0 Å². The van der Waals surface area contributed by atoms with Gasteiger partial charge in [-0.15, -0.1) is 0 Å². The van der Waals surface area contributed by atoms with Gasteiger partial charge in [-0.1, -0.05) is 34.1 Å². The van der Waals surface area contributed by atoms with E-state index in [0.29, 0.717) is 19.4 Å². The molecule has 2 aromatic rings. The van der Waals surface area contributed by atoms with Crippen molar-refractivity contribution in [1.82, 2.24) is 10.2 Å². The Morgan fingerprint density at radius 1 is 1.23 bits per heavy atom. The summed E-state index contributed by atoms with van der Waals surface area (Å²) in [6, 6.07) is 11.8. The van der Waals surface area contributed by atoms with Crippen LogP contribution in [0.4, 0.5) is 0 Å². The Hall–Kier alpha value is -1.59. The molecule has 1 amide bonds. The number of hydrogen-bond donors (Lipinski definition) is 1. The van der Waals surface area contributed by atoms with Gasteiger partial charge in [-0.25, -0.2) is 0 Å². The number of benzene rings is 1. The van der Waals surface area contributed by atoms with E-state index in [2.05, 4.69) is 21.2 Å². The third-order valence-corrected chi connectivity index (χ3v) is 3.97. The summed E-state index contributed by atoms with van der Waals surface area (Å²) in [6.45, 7) is 1.52. The highest BCUT2D eigenvalue weighted by Crippen LogP contribution is 2.29. The summed E-state index contributed by atoms with van der Waals surface area (Å²) in [6.07, 6.45) is 1.05. The predicted octanol–water partition coefficient (Wildman–Crippen LogP) is 3.32. The quantitative estimate of drug-likeness (QED) is 0.819. The molecule has 0 saturated heterocycles. The van der Waals surface area contributed by atoms with Crippen LogP contribution in [-0.2, 0) is 11.2 Å². The van der Waals surface area contributed by atoms with Gasteiger partial charge in [0.15, 0.2) is 0 Å². The minimum atomic E-state index is 0.0562. The highest BCUT2D eigenvalue weighted by molar-refractivity contribution is 9.10. The molecule has 1 heterocycles. The van der Waals surface area contributed by atoms with Crippen molar-refractivity contribution in [2.24, 2.45) is 0 Å². The van der Waals surface area contributed by atoms with Crippen LogP contribution in [0.1, 0.15) is 12.2 Å². The first-order valence-electron chi connectivity index (χ1n) is 7.31. The lowest BCUT2D eigenvalue weighted by Crippen LogP contribution is -2.31. The van der Waals surface area contributed by atoms with Gasteiger partial charge in [0.2, 0.25) is 5.91 Å². The maximum atomic E-state index is 11.7. The van der Waals surface area contributed by atoms with Gasteiger partial charge in [-0.2, -0.15) is 0 Å². The van der Waals surface area contributed by atoms with Gasteiger partial charge in [-0.05, 0) is 32.3 Å². The molecule has 0 atom stereocenters. The summed E-state index contributed by atoms with van der Waals surface area (Å²) in [4.78, 5) is 13.8. The topological polar surface area (TPSA) is 45.5 Å². The van der Waals surface area contributed by atoms with Crippen molar-refractivity contribution in [1.29, 1.82) is 0 Å². The fourth-order valence-electron chi connectivity index (χ4n) is 2.06. The lowest BCUT2D eigenvalue weighted by Gasteiger charge is -2.09. The molecule has 1 N–H and O–H groups in total. The van der Waals surface area contributed by atoms with Crippen molar-refractivity contribution < 1.29 is 9.21 Å². The normalized spacial score (nSPS) is 10.9. The van der Waals surface area contributed by atoms with Gasteiger partial charge in [0.25, 0.3) is 0 Å². The zero-order valence-electron chi connectivity index (χ0n) is 12.9. The van der Waals surface area contributed by atoms with Crippen molar-refractivity contribution in [3.8, 4) is 11.3 Å². The van der Waals surface area contributed by atoms with Gasteiger partial charge < -0.3 is 14.6 Å². The third-order valence-electron chi connectivity index (χ3n) is 3.28. The molecule has 0 aliphatic rings. The summed E-state index contributed by atoms with van der Waals surface area (Å²) in [5.74, 6) is 1.70. The van der Waals surface area contributed by atoms with Gasteiger partial charge in [0.05, 0.1) is 0 Å². The van der Waals surface area contributed by atoms with Crippen molar-refractivity contribution in [3.63, 3.8) is 0 Å². The molecule has 4 nitrogen and oxygen atoms in total. The van der Waals surface area contributed by atoms with Crippen LogP contribution in [0, 0.1) is 0 Å². The van der Waals surface area contributed by atoms with E-state index in [4.69, 9.17) is 4.42 Å². The second kappa shape index (κ2) is 8.15. The van der Waals surface area contributed by atoms with E-state index in [1.165, 1.54) is 0 Å². The Kier molecular flexibility index (Phi) is 6.21. The number of nitrogens with zero attached hydrogens (tertiary/aromatic N) is 1. The Morgan fingerprint density at radius 2 is 2.00 bits per heavy atom. The molecule has 5 heteroatoms. The van der Waals surface area contributed by atoms with Crippen LogP contribution < -0.4 is 5.32 Å². The molecule has 22 heavy (non-hydrogen) atoms. The monoisotopic (exact) mass is 364 g/mol. The molecular weight excluding hydrogens is 344 g/mol. The Bertz CT molecular complexity index is 623. The van der Waals surface area contributed by atoms with Gasteiger partial charge in [-0.3, -0.25) is 4.79 Å². The molecule has 0 spiro atoms. The Labute approximate surface area is 139 Å². The molecule has 1 aromatic heterocycles. The summed E-state index contributed by atoms with van der Waals surface area (Å²) in [5, 5.41) is 2.90. The zero-order valence-corrected chi connectivity index (χ0v) is 14.5. The molecule has 2 rings (SSSR count). The number of furan rings is 1. The molecule has 0 radical (unpaired) electrons. The molecule has 1 aromatic carbocycles. The lowest BCUT2D eigenvalue weighted by molar-refractivity contribution is -0.121. The number of hydrogen-bond acceptors (Lipinski definition) is 3. The molecule has 0 unspecified atom stereocenters. The smallest absolute Gasteiger partial charge is 0.220 e. The molecule has 0 saturated carbocycles. The van der Waals surface area contributed by atoms with E-state index in [1.54, 1.807) is 0 Å². The Balaban J connectivity index is 1.85. The lowest BCUT2D eigenvalue weighted by atomic mass is 10.2. The molecule has 0 aliphatic heterocycles. The number of halogens is 1. The van der Waals surface area contributed by atoms with Crippen LogP contribution in [0.5, 0.6) is 0 Å². The minimum Gasteiger partial charge on any atom is -0.461 e. The number of carbonyl (C=O) groups is 1. The predicted molar refractivity (Wildman–Crippen MR) is 91.7 cm³/mol. The highest BCUT2D eigenvalue weighted by atomic mass is 79.9. The zero-order chi connectivity index (χ0) is 15.9. The Morgan fingerprint density at radius 3 is 2.73 bits per heavy atom. The first kappa shape index (κ1) is 16.8. The molecular formula is C17H21BrN2O2. The van der Waals surface area contributed by atoms with Gasteiger partial charge in [0, 0.05) is 36.0 Å². The summed E-state index contributed by atoms with van der Waals surface area (Å²) in [5.41, 5.74) is 1.02. The fourth-order valence-corrected chi connectivity index (χ4v) is 2.54.